The molecule has 0 aliphatic carbocycles. The maximum atomic E-state index is 13.1. The number of thioether (sulfide) groups is 1. The number of fused-ring (bicyclic) bond motifs is 1. The van der Waals surface area contributed by atoms with Gasteiger partial charge in [0.2, 0.25) is 11.8 Å². The molecule has 0 spiro atoms. The van der Waals surface area contributed by atoms with E-state index >= 15 is 0 Å². The van der Waals surface area contributed by atoms with E-state index in [-0.39, 0.29) is 5.56 Å². The minimum Gasteiger partial charge on any atom is -0.420 e. The van der Waals surface area contributed by atoms with Crippen molar-refractivity contribution in [1.82, 2.24) is 19.7 Å². The average molecular weight is 421 g/mol. The molecule has 0 saturated heterocycles. The summed E-state index contributed by atoms with van der Waals surface area (Å²) in [6.45, 7) is 2.84. The Balaban J connectivity index is 1.56. The number of rotatable bonds is 9. The van der Waals surface area contributed by atoms with Gasteiger partial charge in [-0.15, -0.1) is 10.2 Å². The largest absolute Gasteiger partial charge is 0.420 e. The maximum Gasteiger partial charge on any atom is 0.262 e. The molecule has 2 heterocycles. The van der Waals surface area contributed by atoms with Crippen molar-refractivity contribution in [3.05, 3.63) is 70.8 Å². The molecule has 0 N–H and O–H groups in total. The second-order valence-corrected chi connectivity index (χ2v) is 8.03. The fourth-order valence-electron chi connectivity index (χ4n) is 3.29. The highest BCUT2D eigenvalue weighted by molar-refractivity contribution is 7.98. The first-order valence-corrected chi connectivity index (χ1v) is 11.2. The number of para-hydroxylation sites is 1. The van der Waals surface area contributed by atoms with E-state index < -0.39 is 0 Å². The Hall–Kier alpha value is -2.93. The first kappa shape index (κ1) is 20.3. The third kappa shape index (κ3) is 4.62. The minimum atomic E-state index is 0.00935. The lowest BCUT2D eigenvalue weighted by Crippen LogP contribution is -2.23. The number of aromatic nitrogens is 4. The first-order valence-electron chi connectivity index (χ1n) is 10.3. The summed E-state index contributed by atoms with van der Waals surface area (Å²) in [5.74, 6) is 1.47. The summed E-state index contributed by atoms with van der Waals surface area (Å²) in [4.78, 5) is 17.8. The Morgan fingerprint density at radius 1 is 0.967 bits per heavy atom. The number of unbranched alkanes of at least 4 members (excludes halogenated alkanes) is 3. The van der Waals surface area contributed by atoms with Gasteiger partial charge in [-0.2, -0.15) is 0 Å². The molecule has 0 bridgehead atoms. The number of nitrogens with zero attached hydrogens (tertiary/aromatic N) is 4. The van der Waals surface area contributed by atoms with Gasteiger partial charge in [0, 0.05) is 12.1 Å². The summed E-state index contributed by atoms with van der Waals surface area (Å²) in [7, 11) is 0. The average Bonchev–Trinajstić information content (AvgIpc) is 3.26. The molecule has 6 nitrogen and oxygen atoms in total. The van der Waals surface area contributed by atoms with Gasteiger partial charge in [-0.3, -0.25) is 9.36 Å². The zero-order valence-corrected chi connectivity index (χ0v) is 17.8. The molecule has 0 amide bonds. The Bertz CT molecular complexity index is 1170. The number of hydrogen-bond acceptors (Lipinski definition) is 6. The second-order valence-electron chi connectivity index (χ2n) is 7.08. The summed E-state index contributed by atoms with van der Waals surface area (Å²) in [6, 6.07) is 17.2. The minimum absolute atomic E-state index is 0.00935. The topological polar surface area (TPSA) is 73.8 Å². The molecule has 30 heavy (non-hydrogen) atoms. The van der Waals surface area contributed by atoms with Crippen LogP contribution >= 0.6 is 11.8 Å². The lowest BCUT2D eigenvalue weighted by molar-refractivity contribution is 0.522. The Morgan fingerprint density at radius 3 is 2.60 bits per heavy atom. The van der Waals surface area contributed by atoms with Gasteiger partial charge in [0.05, 0.1) is 16.7 Å². The fourth-order valence-corrected chi connectivity index (χ4v) is 4.15. The van der Waals surface area contributed by atoms with Gasteiger partial charge in [0.25, 0.3) is 5.56 Å². The van der Waals surface area contributed by atoms with E-state index in [9.17, 15) is 4.79 Å². The zero-order chi connectivity index (χ0) is 20.8. The molecule has 0 unspecified atom stereocenters. The molecule has 7 heteroatoms. The van der Waals surface area contributed by atoms with E-state index in [0.717, 1.165) is 24.8 Å². The van der Waals surface area contributed by atoms with Gasteiger partial charge in [-0.05, 0) is 30.7 Å². The van der Waals surface area contributed by atoms with Crippen LogP contribution in [0.1, 0.15) is 38.5 Å². The van der Waals surface area contributed by atoms with Gasteiger partial charge < -0.3 is 4.42 Å². The van der Waals surface area contributed by atoms with Crippen molar-refractivity contribution in [2.45, 2.75) is 50.1 Å². The van der Waals surface area contributed by atoms with Crippen LogP contribution in [0.5, 0.6) is 0 Å². The molecule has 0 atom stereocenters. The predicted molar refractivity (Wildman–Crippen MR) is 119 cm³/mol. The molecule has 4 rings (SSSR count). The molecule has 0 fully saturated rings. The molecule has 0 saturated carbocycles. The smallest absolute Gasteiger partial charge is 0.262 e. The second kappa shape index (κ2) is 9.71. The highest BCUT2D eigenvalue weighted by Crippen LogP contribution is 2.24. The molecular weight excluding hydrogens is 396 g/mol. The molecule has 0 aliphatic heterocycles. The SMILES string of the molecule is CCCCCCn1c(SCc2nnc(-c3ccccc3)o2)nc2ccccc2c1=O. The van der Waals surface area contributed by atoms with Crippen molar-refractivity contribution in [3.63, 3.8) is 0 Å². The van der Waals surface area contributed by atoms with Crippen LogP contribution in [0.3, 0.4) is 0 Å². The Morgan fingerprint density at radius 2 is 1.77 bits per heavy atom. The summed E-state index contributed by atoms with van der Waals surface area (Å²) < 4.78 is 7.59. The van der Waals surface area contributed by atoms with Gasteiger partial charge in [-0.1, -0.05) is 68.3 Å². The summed E-state index contributed by atoms with van der Waals surface area (Å²) in [6.07, 6.45) is 4.39. The van der Waals surface area contributed by atoms with Crippen molar-refractivity contribution in [2.75, 3.05) is 0 Å². The van der Waals surface area contributed by atoms with E-state index in [4.69, 9.17) is 9.40 Å². The summed E-state index contributed by atoms with van der Waals surface area (Å²) in [5.41, 5.74) is 1.61. The van der Waals surface area contributed by atoms with Gasteiger partial charge in [0.1, 0.15) is 0 Å². The highest BCUT2D eigenvalue weighted by Gasteiger charge is 2.14. The molecule has 154 valence electrons. The first-order chi connectivity index (χ1) is 14.8. The van der Waals surface area contributed by atoms with E-state index in [2.05, 4.69) is 17.1 Å². The quantitative estimate of drug-likeness (QED) is 0.207. The monoisotopic (exact) mass is 420 g/mol. The van der Waals surface area contributed by atoms with E-state index in [1.54, 1.807) is 4.57 Å². The van der Waals surface area contributed by atoms with Crippen LogP contribution in [0.2, 0.25) is 0 Å². The van der Waals surface area contributed by atoms with Crippen LogP contribution in [0.15, 0.2) is 69.0 Å². The lowest BCUT2D eigenvalue weighted by atomic mass is 10.2. The van der Waals surface area contributed by atoms with Crippen molar-refractivity contribution < 1.29 is 4.42 Å². The van der Waals surface area contributed by atoms with Crippen LogP contribution in [-0.2, 0) is 12.3 Å². The zero-order valence-electron chi connectivity index (χ0n) is 17.0. The van der Waals surface area contributed by atoms with Gasteiger partial charge >= 0.3 is 0 Å². The Kier molecular flexibility index (Phi) is 6.59. The summed E-state index contributed by atoms with van der Waals surface area (Å²) >= 11 is 1.46. The van der Waals surface area contributed by atoms with Crippen LogP contribution in [0, 0.1) is 0 Å². The van der Waals surface area contributed by atoms with E-state index in [1.807, 2.05) is 54.6 Å². The van der Waals surface area contributed by atoms with Crippen molar-refractivity contribution in [3.8, 4) is 11.5 Å². The number of benzene rings is 2. The molecular formula is C23H24N4O2S. The van der Waals surface area contributed by atoms with Gasteiger partial charge in [-0.25, -0.2) is 4.98 Å². The predicted octanol–water partition coefficient (Wildman–Crippen LogP) is 5.32. The van der Waals surface area contributed by atoms with Crippen LogP contribution < -0.4 is 5.56 Å². The van der Waals surface area contributed by atoms with E-state index in [1.165, 1.54) is 18.2 Å². The molecule has 4 aromatic rings. The number of hydrogen-bond donors (Lipinski definition) is 0. The maximum absolute atomic E-state index is 13.1. The van der Waals surface area contributed by atoms with Crippen molar-refractivity contribution in [1.29, 1.82) is 0 Å². The molecule has 0 aliphatic rings. The van der Waals surface area contributed by atoms with Crippen molar-refractivity contribution in [2.24, 2.45) is 0 Å². The van der Waals surface area contributed by atoms with E-state index in [0.29, 0.717) is 40.1 Å². The fraction of sp³-hybridized carbons (Fsp3) is 0.304. The van der Waals surface area contributed by atoms with Crippen LogP contribution in [-0.4, -0.2) is 19.7 Å². The third-order valence-electron chi connectivity index (χ3n) is 4.87. The molecule has 2 aromatic carbocycles. The third-order valence-corrected chi connectivity index (χ3v) is 5.84. The molecule has 0 radical (unpaired) electrons. The van der Waals surface area contributed by atoms with Gasteiger partial charge in [0.15, 0.2) is 5.16 Å². The lowest BCUT2D eigenvalue weighted by Gasteiger charge is -2.12. The Labute approximate surface area is 179 Å². The van der Waals surface area contributed by atoms with Crippen molar-refractivity contribution >= 4 is 22.7 Å². The molecule has 2 aromatic heterocycles. The standard InChI is InChI=1S/C23H24N4O2S/c1-2-3-4-10-15-27-22(28)18-13-8-9-14-19(18)24-23(27)30-16-20-25-26-21(29-20)17-11-6-5-7-12-17/h5-9,11-14H,2-4,10,15-16H2,1H3. The summed E-state index contributed by atoms with van der Waals surface area (Å²) in [5, 5.41) is 9.64. The highest BCUT2D eigenvalue weighted by atomic mass is 32.2. The normalized spacial score (nSPS) is 11.2. The van der Waals surface area contributed by atoms with Crippen LogP contribution in [0.25, 0.3) is 22.4 Å². The van der Waals surface area contributed by atoms with Crippen LogP contribution in [0.4, 0.5) is 0 Å².